The van der Waals surface area contributed by atoms with Gasteiger partial charge in [0.25, 0.3) is 0 Å². The summed E-state index contributed by atoms with van der Waals surface area (Å²) in [7, 11) is 0. The van der Waals surface area contributed by atoms with Gasteiger partial charge in [-0.3, -0.25) is 9.59 Å². The standard InChI is InChI=1S/C32H48O5/c1-20(34)36-19-32-14-9-22(31(6)18-37-31)26(32)21-7-8-24-27(2)12-11-25(35)28(3,17-33)23(27)10-13-30(24,5)29(21,4)15-16-32/h17,21-24,26H,7-16,18-19H2,1-6H3/t21?,22-,23-,24?,26?,27+,28+,29-,30-,31?,32-/m1/s1. The van der Waals surface area contributed by atoms with Crippen LogP contribution < -0.4 is 0 Å². The third-order valence-corrected chi connectivity index (χ3v) is 14.3. The first kappa shape index (κ1) is 26.0. The number of aldehydes is 1. The van der Waals surface area contributed by atoms with Gasteiger partial charge in [0.2, 0.25) is 0 Å². The smallest absolute Gasteiger partial charge is 0.302 e. The number of fused-ring (bicyclic) bond motifs is 7. The van der Waals surface area contributed by atoms with E-state index in [1.807, 2.05) is 6.92 Å². The van der Waals surface area contributed by atoms with E-state index in [9.17, 15) is 14.4 Å². The minimum Gasteiger partial charge on any atom is -0.465 e. The lowest BCUT2D eigenvalue weighted by molar-refractivity contribution is -0.238. The number of hydrogen-bond acceptors (Lipinski definition) is 5. The molecule has 0 N–H and O–H groups in total. The summed E-state index contributed by atoms with van der Waals surface area (Å²) in [4.78, 5) is 37.3. The van der Waals surface area contributed by atoms with Crippen LogP contribution in [0.25, 0.3) is 0 Å². The first-order valence-electron chi connectivity index (χ1n) is 15.1. The maximum Gasteiger partial charge on any atom is 0.302 e. The van der Waals surface area contributed by atoms with Gasteiger partial charge in [0.1, 0.15) is 12.1 Å². The molecule has 0 spiro atoms. The molecular formula is C32H48O5. The molecule has 0 amide bonds. The number of carbonyl (C=O) groups excluding carboxylic acids is 3. The fourth-order valence-electron chi connectivity index (χ4n) is 11.9. The predicted octanol–water partition coefficient (Wildman–Crippen LogP) is 6.17. The zero-order chi connectivity index (χ0) is 26.6. The van der Waals surface area contributed by atoms with E-state index in [1.165, 1.54) is 25.7 Å². The zero-order valence-electron chi connectivity index (χ0n) is 24.0. The van der Waals surface area contributed by atoms with E-state index < -0.39 is 5.41 Å². The van der Waals surface area contributed by atoms with E-state index in [1.54, 1.807) is 6.92 Å². The molecule has 5 aliphatic carbocycles. The van der Waals surface area contributed by atoms with Gasteiger partial charge in [0.05, 0.1) is 24.2 Å². The molecule has 5 nitrogen and oxygen atoms in total. The Kier molecular flexibility index (Phi) is 5.57. The van der Waals surface area contributed by atoms with Gasteiger partial charge in [-0.25, -0.2) is 0 Å². The van der Waals surface area contributed by atoms with Crippen molar-refractivity contribution >= 4 is 18.0 Å². The fourth-order valence-corrected chi connectivity index (χ4v) is 11.9. The molecule has 4 unspecified atom stereocenters. The highest BCUT2D eigenvalue weighted by Gasteiger charge is 2.73. The maximum atomic E-state index is 13.0. The van der Waals surface area contributed by atoms with E-state index in [-0.39, 0.29) is 44.9 Å². The summed E-state index contributed by atoms with van der Waals surface area (Å²) in [6.45, 7) is 14.8. The lowest BCUT2D eigenvalue weighted by Gasteiger charge is -2.72. The van der Waals surface area contributed by atoms with E-state index in [2.05, 4.69) is 27.7 Å². The molecule has 5 heteroatoms. The van der Waals surface area contributed by atoms with Crippen LogP contribution in [0.3, 0.4) is 0 Å². The van der Waals surface area contributed by atoms with Crippen LogP contribution in [0, 0.1) is 56.7 Å². The van der Waals surface area contributed by atoms with Gasteiger partial charge in [-0.05, 0) is 117 Å². The molecule has 5 saturated carbocycles. The molecule has 6 rings (SSSR count). The number of epoxide rings is 1. The van der Waals surface area contributed by atoms with Crippen molar-refractivity contribution in [1.29, 1.82) is 0 Å². The number of carbonyl (C=O) groups is 3. The van der Waals surface area contributed by atoms with Crippen molar-refractivity contribution in [3.8, 4) is 0 Å². The van der Waals surface area contributed by atoms with Crippen molar-refractivity contribution in [3.63, 3.8) is 0 Å². The lowest BCUT2D eigenvalue weighted by Crippen LogP contribution is -2.67. The first-order chi connectivity index (χ1) is 17.3. The molecule has 1 saturated heterocycles. The van der Waals surface area contributed by atoms with Gasteiger partial charge < -0.3 is 14.3 Å². The molecular weight excluding hydrogens is 464 g/mol. The summed E-state index contributed by atoms with van der Waals surface area (Å²) < 4.78 is 11.9. The van der Waals surface area contributed by atoms with Gasteiger partial charge in [-0.15, -0.1) is 0 Å². The van der Waals surface area contributed by atoms with E-state index in [4.69, 9.17) is 9.47 Å². The molecule has 0 bridgehead atoms. The van der Waals surface area contributed by atoms with E-state index in [0.29, 0.717) is 36.7 Å². The highest BCUT2D eigenvalue weighted by atomic mass is 16.6. The molecule has 0 aromatic carbocycles. The fraction of sp³-hybridized carbons (Fsp3) is 0.906. The monoisotopic (exact) mass is 512 g/mol. The molecule has 0 radical (unpaired) electrons. The number of ether oxygens (including phenoxy) is 2. The zero-order valence-corrected chi connectivity index (χ0v) is 24.0. The number of esters is 1. The van der Waals surface area contributed by atoms with Crippen LogP contribution in [-0.4, -0.2) is 36.9 Å². The minimum atomic E-state index is -0.827. The largest absolute Gasteiger partial charge is 0.465 e. The van der Waals surface area contributed by atoms with Gasteiger partial charge in [0.15, 0.2) is 0 Å². The molecule has 1 heterocycles. The Morgan fingerprint density at radius 2 is 1.65 bits per heavy atom. The Bertz CT molecular complexity index is 1020. The predicted molar refractivity (Wildman–Crippen MR) is 141 cm³/mol. The van der Waals surface area contributed by atoms with Crippen LogP contribution in [0.2, 0.25) is 0 Å². The van der Waals surface area contributed by atoms with Crippen LogP contribution in [0.1, 0.15) is 106 Å². The second kappa shape index (κ2) is 7.92. The molecule has 37 heavy (non-hydrogen) atoms. The molecule has 6 fully saturated rings. The maximum absolute atomic E-state index is 13.0. The Labute approximate surface area is 223 Å². The summed E-state index contributed by atoms with van der Waals surface area (Å²) >= 11 is 0. The summed E-state index contributed by atoms with van der Waals surface area (Å²) in [5.74, 6) is 2.33. The number of rotatable bonds is 4. The summed E-state index contributed by atoms with van der Waals surface area (Å²) in [5.41, 5.74) is -0.368. The first-order valence-corrected chi connectivity index (χ1v) is 15.1. The van der Waals surface area contributed by atoms with Crippen LogP contribution in [0.4, 0.5) is 0 Å². The number of hydrogen-bond donors (Lipinski definition) is 0. The van der Waals surface area contributed by atoms with E-state index >= 15 is 0 Å². The van der Waals surface area contributed by atoms with Crippen molar-refractivity contribution in [2.24, 2.45) is 56.7 Å². The Hall–Kier alpha value is -1.23. The highest BCUT2D eigenvalue weighted by Crippen LogP contribution is 2.77. The van der Waals surface area contributed by atoms with Crippen LogP contribution >= 0.6 is 0 Å². The van der Waals surface area contributed by atoms with Gasteiger partial charge in [0, 0.05) is 18.8 Å². The van der Waals surface area contributed by atoms with Crippen LogP contribution in [0.5, 0.6) is 0 Å². The van der Waals surface area contributed by atoms with Gasteiger partial charge in [-0.2, -0.15) is 0 Å². The summed E-state index contributed by atoms with van der Waals surface area (Å²) in [5, 5.41) is 0. The molecule has 1 aliphatic heterocycles. The second-order valence-corrected chi connectivity index (χ2v) is 15.4. The normalized spacial score (nSPS) is 56.4. The van der Waals surface area contributed by atoms with E-state index in [0.717, 1.165) is 45.0 Å². The highest BCUT2D eigenvalue weighted by molar-refractivity contribution is 5.99. The van der Waals surface area contributed by atoms with Gasteiger partial charge in [-0.1, -0.05) is 20.8 Å². The Morgan fingerprint density at radius 1 is 0.919 bits per heavy atom. The van der Waals surface area contributed by atoms with Crippen LogP contribution in [-0.2, 0) is 23.9 Å². The Balaban J connectivity index is 1.38. The topological polar surface area (TPSA) is 73.0 Å². The van der Waals surface area contributed by atoms with Crippen LogP contribution in [0.15, 0.2) is 0 Å². The third-order valence-electron chi connectivity index (χ3n) is 14.3. The number of Topliss-reactive ketones (excluding diaryl/α,β-unsaturated/α-hetero) is 1. The molecule has 6 aliphatic rings. The van der Waals surface area contributed by atoms with Gasteiger partial charge >= 0.3 is 5.97 Å². The Morgan fingerprint density at radius 3 is 2.30 bits per heavy atom. The molecule has 206 valence electrons. The minimum absolute atomic E-state index is 0.0161. The van der Waals surface area contributed by atoms with Crippen molar-refractivity contribution in [3.05, 3.63) is 0 Å². The third kappa shape index (κ3) is 3.21. The molecule has 0 aromatic rings. The second-order valence-electron chi connectivity index (χ2n) is 15.4. The van der Waals surface area contributed by atoms with Crippen molar-refractivity contribution in [2.45, 2.75) is 111 Å². The number of ketones is 1. The van der Waals surface area contributed by atoms with Crippen molar-refractivity contribution in [1.82, 2.24) is 0 Å². The quantitative estimate of drug-likeness (QED) is 0.195. The summed E-state index contributed by atoms with van der Waals surface area (Å²) in [6, 6.07) is 0. The summed E-state index contributed by atoms with van der Waals surface area (Å²) in [6.07, 6.45) is 11.5. The molecule has 11 atom stereocenters. The lowest BCUT2D eigenvalue weighted by atomic mass is 9.32. The van der Waals surface area contributed by atoms with Crippen molar-refractivity contribution in [2.75, 3.05) is 13.2 Å². The SMILES string of the molecule is CC(=O)OC[C@]12CC[C@@H](C3(C)CO3)C1C1CCC3[C@@]4(C)CCC(=O)[C@@](C)(C=O)[C@@H]4CC[C@@]3(C)[C@]1(C)CC2. The average molecular weight is 513 g/mol. The van der Waals surface area contributed by atoms with Crippen molar-refractivity contribution < 1.29 is 23.9 Å². The molecule has 0 aromatic heterocycles. The average Bonchev–Trinajstić information content (AvgIpc) is 3.47.